The summed E-state index contributed by atoms with van der Waals surface area (Å²) >= 11 is 6.02. The fraction of sp³-hybridized carbons (Fsp3) is 0.304. The van der Waals surface area contributed by atoms with Gasteiger partial charge in [0.1, 0.15) is 0 Å². The van der Waals surface area contributed by atoms with Crippen LogP contribution in [0.2, 0.25) is 5.02 Å². The molecule has 1 aliphatic heterocycles. The lowest BCUT2D eigenvalue weighted by Gasteiger charge is -2.29. The molecule has 1 aliphatic carbocycles. The number of halogens is 1. The van der Waals surface area contributed by atoms with Crippen LogP contribution in [0, 0.1) is 0 Å². The van der Waals surface area contributed by atoms with E-state index in [9.17, 15) is 13.2 Å². The molecule has 1 saturated carbocycles. The molecule has 2 fully saturated rings. The van der Waals surface area contributed by atoms with E-state index in [0.29, 0.717) is 22.7 Å². The van der Waals surface area contributed by atoms with E-state index in [1.54, 1.807) is 12.1 Å². The molecule has 5 nitrogen and oxygen atoms in total. The second-order valence-corrected chi connectivity index (χ2v) is 10.7. The normalized spacial score (nSPS) is 20.4. The number of nitrogens with zero attached hydrogens (tertiary/aromatic N) is 2. The van der Waals surface area contributed by atoms with Gasteiger partial charge in [-0.05, 0) is 43.5 Å². The zero-order chi connectivity index (χ0) is 20.9. The van der Waals surface area contributed by atoms with Crippen molar-refractivity contribution in [3.05, 3.63) is 65.2 Å². The van der Waals surface area contributed by atoms with Crippen LogP contribution in [0.4, 0.5) is 0 Å². The standard InChI is InChI=1S/C23H21ClN2O3S/c24-16-7-5-15(6-8-16)22-13-20(19-3-1-2-4-21(19)25-22)23(27)26(17-9-10-17)18-11-12-30(28,29)14-18/h1-8,13,17-18H,9-12,14H2. The minimum Gasteiger partial charge on any atom is -0.332 e. The number of pyridine rings is 1. The van der Waals surface area contributed by atoms with Gasteiger partial charge in [-0.25, -0.2) is 13.4 Å². The Morgan fingerprint density at radius 3 is 2.40 bits per heavy atom. The monoisotopic (exact) mass is 440 g/mol. The maximum Gasteiger partial charge on any atom is 0.255 e. The van der Waals surface area contributed by atoms with Crippen LogP contribution in [-0.4, -0.2) is 47.8 Å². The van der Waals surface area contributed by atoms with E-state index in [1.165, 1.54) is 0 Å². The summed E-state index contributed by atoms with van der Waals surface area (Å²) < 4.78 is 24.1. The Morgan fingerprint density at radius 2 is 1.73 bits per heavy atom. The smallest absolute Gasteiger partial charge is 0.255 e. The maximum absolute atomic E-state index is 13.8. The van der Waals surface area contributed by atoms with Crippen molar-refractivity contribution in [2.75, 3.05) is 11.5 Å². The molecule has 0 N–H and O–H groups in total. The number of aromatic nitrogens is 1. The molecule has 2 heterocycles. The molecule has 1 atom stereocenters. The molecule has 0 radical (unpaired) electrons. The first-order valence-corrected chi connectivity index (χ1v) is 12.3. The highest BCUT2D eigenvalue weighted by molar-refractivity contribution is 7.91. The Labute approximate surface area is 180 Å². The fourth-order valence-corrected chi connectivity index (χ4v) is 6.07. The first-order chi connectivity index (χ1) is 14.4. The topological polar surface area (TPSA) is 67.3 Å². The number of carbonyl (C=O) groups is 1. The van der Waals surface area contributed by atoms with Gasteiger partial charge in [-0.1, -0.05) is 41.9 Å². The first-order valence-electron chi connectivity index (χ1n) is 10.1. The average molecular weight is 441 g/mol. The van der Waals surface area contributed by atoms with Crippen molar-refractivity contribution in [2.24, 2.45) is 0 Å². The van der Waals surface area contributed by atoms with Gasteiger partial charge in [0.15, 0.2) is 9.84 Å². The summed E-state index contributed by atoms with van der Waals surface area (Å²) in [6, 6.07) is 16.7. The number of benzene rings is 2. The fourth-order valence-electron chi connectivity index (χ4n) is 4.24. The number of rotatable bonds is 4. The summed E-state index contributed by atoms with van der Waals surface area (Å²) in [5, 5.41) is 1.42. The van der Waals surface area contributed by atoms with Gasteiger partial charge in [-0.15, -0.1) is 0 Å². The van der Waals surface area contributed by atoms with Crippen molar-refractivity contribution in [2.45, 2.75) is 31.3 Å². The molecule has 1 amide bonds. The van der Waals surface area contributed by atoms with Crippen molar-refractivity contribution < 1.29 is 13.2 Å². The molecule has 3 aromatic rings. The van der Waals surface area contributed by atoms with Gasteiger partial charge < -0.3 is 4.90 Å². The van der Waals surface area contributed by atoms with Crippen molar-refractivity contribution in [3.63, 3.8) is 0 Å². The predicted octanol–water partition coefficient (Wildman–Crippen LogP) is 4.35. The van der Waals surface area contributed by atoms with E-state index in [2.05, 4.69) is 0 Å². The van der Waals surface area contributed by atoms with Crippen molar-refractivity contribution in [1.82, 2.24) is 9.88 Å². The number of hydrogen-bond acceptors (Lipinski definition) is 4. The first kappa shape index (κ1) is 19.5. The van der Waals surface area contributed by atoms with Gasteiger partial charge in [-0.2, -0.15) is 0 Å². The summed E-state index contributed by atoms with van der Waals surface area (Å²) in [5.74, 6) is 0.109. The van der Waals surface area contributed by atoms with Crippen LogP contribution in [-0.2, 0) is 9.84 Å². The van der Waals surface area contributed by atoms with E-state index in [1.807, 2.05) is 47.4 Å². The average Bonchev–Trinajstić information content (AvgIpc) is 3.50. The van der Waals surface area contributed by atoms with Crippen molar-refractivity contribution in [3.8, 4) is 11.3 Å². The van der Waals surface area contributed by atoms with Gasteiger partial charge in [-0.3, -0.25) is 4.79 Å². The summed E-state index contributed by atoms with van der Waals surface area (Å²) in [6.45, 7) is 0. The second-order valence-electron chi connectivity index (χ2n) is 8.08. The third kappa shape index (κ3) is 3.70. The summed E-state index contributed by atoms with van der Waals surface area (Å²) in [4.78, 5) is 20.3. The van der Waals surface area contributed by atoms with Crippen LogP contribution in [0.15, 0.2) is 54.6 Å². The number of sulfone groups is 1. The minimum absolute atomic E-state index is 0.0578. The van der Waals surface area contributed by atoms with E-state index >= 15 is 0 Å². The van der Waals surface area contributed by atoms with Crippen LogP contribution in [0.1, 0.15) is 29.6 Å². The number of para-hydroxylation sites is 1. The highest BCUT2D eigenvalue weighted by atomic mass is 35.5. The Morgan fingerprint density at radius 1 is 1.00 bits per heavy atom. The molecular weight excluding hydrogens is 420 g/mol. The molecule has 2 aliphatic rings. The minimum atomic E-state index is -3.08. The van der Waals surface area contributed by atoms with Crippen LogP contribution in [0.3, 0.4) is 0 Å². The van der Waals surface area contributed by atoms with E-state index in [4.69, 9.17) is 16.6 Å². The Bertz CT molecular complexity index is 1240. The third-order valence-electron chi connectivity index (χ3n) is 5.86. The van der Waals surface area contributed by atoms with Gasteiger partial charge in [0.2, 0.25) is 0 Å². The van der Waals surface area contributed by atoms with Gasteiger partial charge >= 0.3 is 0 Å². The molecule has 1 unspecified atom stereocenters. The summed E-state index contributed by atoms with van der Waals surface area (Å²) in [5.41, 5.74) is 2.88. The van der Waals surface area contributed by atoms with Crippen molar-refractivity contribution in [1.29, 1.82) is 0 Å². The number of carbonyl (C=O) groups excluding carboxylic acids is 1. The van der Waals surface area contributed by atoms with Crippen LogP contribution in [0.25, 0.3) is 22.2 Å². The van der Waals surface area contributed by atoms with Gasteiger partial charge in [0, 0.05) is 28.1 Å². The van der Waals surface area contributed by atoms with E-state index in [-0.39, 0.29) is 29.5 Å². The number of hydrogen-bond donors (Lipinski definition) is 0. The Balaban J connectivity index is 1.61. The zero-order valence-corrected chi connectivity index (χ0v) is 17.9. The highest BCUT2D eigenvalue weighted by Crippen LogP contribution is 2.35. The number of fused-ring (bicyclic) bond motifs is 1. The Kier molecular flexibility index (Phi) is 4.79. The van der Waals surface area contributed by atoms with Gasteiger partial charge in [0.25, 0.3) is 5.91 Å². The lowest BCUT2D eigenvalue weighted by Crippen LogP contribution is -2.42. The molecule has 5 rings (SSSR count). The molecule has 1 aromatic heterocycles. The van der Waals surface area contributed by atoms with Gasteiger partial charge in [0.05, 0.1) is 28.3 Å². The Hall–Kier alpha value is -2.44. The lowest BCUT2D eigenvalue weighted by atomic mass is 10.0. The predicted molar refractivity (Wildman–Crippen MR) is 118 cm³/mol. The molecule has 154 valence electrons. The summed E-state index contributed by atoms with van der Waals surface area (Å²) in [7, 11) is -3.08. The SMILES string of the molecule is O=C(c1cc(-c2ccc(Cl)cc2)nc2ccccc12)N(C1CC1)C1CCS(=O)(=O)C1. The molecule has 0 spiro atoms. The molecule has 7 heteroatoms. The molecule has 1 saturated heterocycles. The molecule has 30 heavy (non-hydrogen) atoms. The van der Waals surface area contributed by atoms with E-state index in [0.717, 1.165) is 29.3 Å². The largest absolute Gasteiger partial charge is 0.332 e. The number of amides is 1. The quantitative estimate of drug-likeness (QED) is 0.605. The molecule has 2 aromatic carbocycles. The maximum atomic E-state index is 13.8. The summed E-state index contributed by atoms with van der Waals surface area (Å²) in [6.07, 6.45) is 2.36. The highest BCUT2D eigenvalue weighted by Gasteiger charge is 2.42. The van der Waals surface area contributed by atoms with Crippen LogP contribution in [0.5, 0.6) is 0 Å². The van der Waals surface area contributed by atoms with Crippen LogP contribution < -0.4 is 0 Å². The third-order valence-corrected chi connectivity index (χ3v) is 7.87. The van der Waals surface area contributed by atoms with Crippen molar-refractivity contribution >= 4 is 38.2 Å². The molecule has 0 bridgehead atoms. The molecular formula is C23H21ClN2O3S. The second kappa shape index (κ2) is 7.36. The van der Waals surface area contributed by atoms with E-state index < -0.39 is 9.84 Å². The zero-order valence-electron chi connectivity index (χ0n) is 16.3. The lowest BCUT2D eigenvalue weighted by molar-refractivity contribution is 0.0683. The van der Waals surface area contributed by atoms with Crippen LogP contribution >= 0.6 is 11.6 Å².